The number of hydrogen-bond donors (Lipinski definition) is 0. The molecule has 0 bridgehead atoms. The highest BCUT2D eigenvalue weighted by atomic mass is 79.9. The van der Waals surface area contributed by atoms with Crippen LogP contribution in [0.1, 0.15) is 0 Å². The molecule has 0 rings (SSSR count). The highest BCUT2D eigenvalue weighted by Gasteiger charge is 2.35. The number of halogens is 5. The SMILES string of the molecule is FCC(F)(F)C(Br)Br. The van der Waals surface area contributed by atoms with Crippen molar-refractivity contribution in [3.05, 3.63) is 0 Å². The van der Waals surface area contributed by atoms with Crippen LogP contribution >= 0.6 is 31.9 Å². The lowest BCUT2D eigenvalue weighted by atomic mass is 10.4. The van der Waals surface area contributed by atoms with Crippen molar-refractivity contribution in [1.82, 2.24) is 0 Å². The molecule has 5 heteroatoms. The Hall–Kier alpha value is 0.750. The van der Waals surface area contributed by atoms with E-state index in [2.05, 4.69) is 31.9 Å². The normalized spacial score (nSPS) is 12.8. The van der Waals surface area contributed by atoms with Crippen LogP contribution in [-0.4, -0.2) is 16.3 Å². The van der Waals surface area contributed by atoms with Crippen LogP contribution in [0.4, 0.5) is 13.2 Å². The summed E-state index contributed by atoms with van der Waals surface area (Å²) in [6, 6.07) is 0. The molecule has 0 radical (unpaired) electrons. The van der Waals surface area contributed by atoms with Crippen molar-refractivity contribution in [2.24, 2.45) is 0 Å². The molecule has 0 N–H and O–H groups in total. The minimum Gasteiger partial charge on any atom is -0.244 e. The Bertz CT molecular complexity index is 72.9. The van der Waals surface area contributed by atoms with Gasteiger partial charge in [-0.15, -0.1) is 0 Å². The molecule has 8 heavy (non-hydrogen) atoms. The highest BCUT2D eigenvalue weighted by Crippen LogP contribution is 2.29. The molecule has 0 aliphatic carbocycles. The Morgan fingerprint density at radius 1 is 1.38 bits per heavy atom. The van der Waals surface area contributed by atoms with Crippen LogP contribution in [0.5, 0.6) is 0 Å². The zero-order valence-corrected chi connectivity index (χ0v) is 6.85. The highest BCUT2D eigenvalue weighted by molar-refractivity contribution is 9.24. The lowest BCUT2D eigenvalue weighted by Gasteiger charge is -2.11. The van der Waals surface area contributed by atoms with Crippen LogP contribution in [0, 0.1) is 0 Å². The van der Waals surface area contributed by atoms with Gasteiger partial charge in [0.2, 0.25) is 0 Å². The first-order valence-electron chi connectivity index (χ1n) is 1.72. The molecule has 0 aromatic heterocycles. The van der Waals surface area contributed by atoms with E-state index >= 15 is 0 Å². The van der Waals surface area contributed by atoms with Gasteiger partial charge in [0.05, 0.1) is 0 Å². The van der Waals surface area contributed by atoms with Crippen LogP contribution in [0.15, 0.2) is 0 Å². The summed E-state index contributed by atoms with van der Waals surface area (Å²) < 4.78 is 33.6. The van der Waals surface area contributed by atoms with E-state index in [9.17, 15) is 13.2 Å². The molecule has 0 aromatic carbocycles. The Morgan fingerprint density at radius 3 is 1.75 bits per heavy atom. The third-order valence-electron chi connectivity index (χ3n) is 0.497. The Labute approximate surface area is 61.7 Å². The van der Waals surface area contributed by atoms with Crippen molar-refractivity contribution >= 4 is 31.9 Å². The van der Waals surface area contributed by atoms with Crippen molar-refractivity contribution in [2.45, 2.75) is 9.66 Å². The fourth-order valence-corrected chi connectivity index (χ4v) is 0.303. The topological polar surface area (TPSA) is 0 Å². The maximum Gasteiger partial charge on any atom is 0.297 e. The molecule has 0 unspecified atom stereocenters. The minimum absolute atomic E-state index is 1.27. The van der Waals surface area contributed by atoms with E-state index in [1.165, 1.54) is 0 Å². The first-order chi connectivity index (χ1) is 3.50. The van der Waals surface area contributed by atoms with Gasteiger partial charge in [-0.2, -0.15) is 0 Å². The van der Waals surface area contributed by atoms with E-state index in [0.717, 1.165) is 0 Å². The molecule has 0 fully saturated rings. The largest absolute Gasteiger partial charge is 0.297 e. The van der Waals surface area contributed by atoms with E-state index < -0.39 is 16.3 Å². The maximum absolute atomic E-state index is 11.8. The van der Waals surface area contributed by atoms with Crippen LogP contribution < -0.4 is 0 Å². The van der Waals surface area contributed by atoms with Gasteiger partial charge in [0.25, 0.3) is 5.92 Å². The summed E-state index contributed by atoms with van der Waals surface area (Å²) in [6.07, 6.45) is 0. The molecule has 0 nitrogen and oxygen atoms in total. The second-order valence-corrected chi connectivity index (χ2v) is 4.26. The van der Waals surface area contributed by atoms with Gasteiger partial charge in [-0.05, 0) is 0 Å². The van der Waals surface area contributed by atoms with Gasteiger partial charge in [0.1, 0.15) is 3.74 Å². The average Bonchev–Trinajstić information content (AvgIpc) is 1.67. The predicted molar refractivity (Wildman–Crippen MR) is 32.6 cm³/mol. The van der Waals surface area contributed by atoms with E-state index in [1.807, 2.05) is 0 Å². The molecular formula is C3H3Br2F3. The molecule has 0 heterocycles. The fourth-order valence-electron chi connectivity index (χ4n) is 0.0583. The third-order valence-corrected chi connectivity index (χ3v) is 1.84. The minimum atomic E-state index is -3.29. The molecule has 0 aliphatic rings. The van der Waals surface area contributed by atoms with Crippen LogP contribution in [0.25, 0.3) is 0 Å². The Kier molecular flexibility index (Phi) is 3.34. The van der Waals surface area contributed by atoms with Crippen molar-refractivity contribution in [3.8, 4) is 0 Å². The second kappa shape index (κ2) is 3.06. The van der Waals surface area contributed by atoms with Crippen LogP contribution in [-0.2, 0) is 0 Å². The van der Waals surface area contributed by atoms with Crippen molar-refractivity contribution in [2.75, 3.05) is 6.67 Å². The summed E-state index contributed by atoms with van der Waals surface area (Å²) in [5.41, 5.74) is 0. The van der Waals surface area contributed by atoms with E-state index in [4.69, 9.17) is 0 Å². The van der Waals surface area contributed by atoms with Crippen molar-refractivity contribution < 1.29 is 13.2 Å². The quantitative estimate of drug-likeness (QED) is 0.666. The lowest BCUT2D eigenvalue weighted by Crippen LogP contribution is -2.26. The number of rotatable bonds is 2. The van der Waals surface area contributed by atoms with Crippen LogP contribution in [0.3, 0.4) is 0 Å². The molecule has 0 aromatic rings. The fraction of sp³-hybridized carbons (Fsp3) is 1.00. The van der Waals surface area contributed by atoms with Gasteiger partial charge in [0, 0.05) is 0 Å². The smallest absolute Gasteiger partial charge is 0.244 e. The van der Waals surface area contributed by atoms with E-state index in [1.54, 1.807) is 0 Å². The molecule has 0 saturated carbocycles. The zero-order chi connectivity index (χ0) is 6.78. The Balaban J connectivity index is 3.71. The van der Waals surface area contributed by atoms with Gasteiger partial charge in [-0.3, -0.25) is 0 Å². The molecule has 0 aliphatic heterocycles. The number of alkyl halides is 5. The zero-order valence-electron chi connectivity index (χ0n) is 3.67. The molecule has 0 saturated heterocycles. The van der Waals surface area contributed by atoms with Crippen LogP contribution in [0.2, 0.25) is 0 Å². The van der Waals surface area contributed by atoms with Gasteiger partial charge in [-0.1, -0.05) is 31.9 Å². The van der Waals surface area contributed by atoms with Gasteiger partial charge in [-0.25, -0.2) is 13.2 Å². The second-order valence-electron chi connectivity index (χ2n) is 1.20. The average molecular weight is 256 g/mol. The Morgan fingerprint density at radius 2 is 1.75 bits per heavy atom. The lowest BCUT2D eigenvalue weighted by molar-refractivity contribution is -0.00279. The van der Waals surface area contributed by atoms with Gasteiger partial charge >= 0.3 is 0 Å². The summed E-state index contributed by atoms with van der Waals surface area (Å²) in [4.78, 5) is 0. The molecule has 50 valence electrons. The summed E-state index contributed by atoms with van der Waals surface area (Å²) in [7, 11) is 0. The van der Waals surface area contributed by atoms with Crippen molar-refractivity contribution in [3.63, 3.8) is 0 Å². The van der Waals surface area contributed by atoms with E-state index in [-0.39, 0.29) is 0 Å². The summed E-state index contributed by atoms with van der Waals surface area (Å²) in [6.45, 7) is -1.64. The van der Waals surface area contributed by atoms with Gasteiger partial charge < -0.3 is 0 Å². The summed E-state index contributed by atoms with van der Waals surface area (Å²) in [5.74, 6) is -3.29. The van der Waals surface area contributed by atoms with Crippen molar-refractivity contribution in [1.29, 1.82) is 0 Å². The molecule has 0 spiro atoms. The standard InChI is InChI=1S/C3H3Br2F3/c4-2(5)3(7,8)1-6/h2H,1H2. The van der Waals surface area contributed by atoms with E-state index in [0.29, 0.717) is 0 Å². The summed E-state index contributed by atoms with van der Waals surface area (Å²) >= 11 is 4.97. The monoisotopic (exact) mass is 254 g/mol. The van der Waals surface area contributed by atoms with Gasteiger partial charge in [0.15, 0.2) is 6.67 Å². The first-order valence-corrected chi connectivity index (χ1v) is 3.56. The third kappa shape index (κ3) is 2.35. The maximum atomic E-state index is 11.8. The molecule has 0 amide bonds. The number of hydrogen-bond acceptors (Lipinski definition) is 0. The summed E-state index contributed by atoms with van der Waals surface area (Å²) in [5, 5.41) is 0. The molecular weight excluding hydrogens is 253 g/mol. The predicted octanol–water partition coefficient (Wildman–Crippen LogP) is 2.71. The molecule has 0 atom stereocenters. The first kappa shape index (κ1) is 8.75.